The highest BCUT2D eigenvalue weighted by Crippen LogP contribution is 2.41. The van der Waals surface area contributed by atoms with Crippen LogP contribution < -0.4 is 4.74 Å². The second-order valence-electron chi connectivity index (χ2n) is 9.75. The first kappa shape index (κ1) is 25.0. The molecule has 1 aliphatic rings. The number of H-pyrrole nitrogens is 1. The number of nitrogens with one attached hydrogen (secondary N) is 1. The van der Waals surface area contributed by atoms with Gasteiger partial charge in [0.2, 0.25) is 0 Å². The van der Waals surface area contributed by atoms with Crippen LogP contribution in [0.2, 0.25) is 0 Å². The molecule has 6 rings (SSSR count). The predicted octanol–water partition coefficient (Wildman–Crippen LogP) is 4.86. The van der Waals surface area contributed by atoms with Crippen molar-refractivity contribution in [2.24, 2.45) is 0 Å². The molecular formula is C31H31N5O3. The first-order valence-electron chi connectivity index (χ1n) is 13.2. The number of methoxy groups -OCH3 is 2. The molecule has 1 amide bonds. The Morgan fingerprint density at radius 2 is 1.77 bits per heavy atom. The smallest absolute Gasteiger partial charge is 0.253 e. The summed E-state index contributed by atoms with van der Waals surface area (Å²) < 4.78 is 11.0. The number of nitrogens with zero attached hydrogens (tertiary/aromatic N) is 4. The first-order chi connectivity index (χ1) is 19.2. The summed E-state index contributed by atoms with van der Waals surface area (Å²) in [4.78, 5) is 29.9. The quantitative estimate of drug-likeness (QED) is 0.329. The van der Waals surface area contributed by atoms with E-state index >= 15 is 0 Å². The lowest BCUT2D eigenvalue weighted by atomic mass is 9.97. The van der Waals surface area contributed by atoms with Crippen molar-refractivity contribution in [2.45, 2.75) is 0 Å². The Balaban J connectivity index is 1.34. The van der Waals surface area contributed by atoms with Gasteiger partial charge in [-0.1, -0.05) is 12.1 Å². The Kier molecular flexibility index (Phi) is 6.96. The monoisotopic (exact) mass is 521 g/mol. The third-order valence-electron chi connectivity index (χ3n) is 7.48. The highest BCUT2D eigenvalue weighted by molar-refractivity contribution is 6.16. The lowest BCUT2D eigenvalue weighted by Crippen LogP contribution is -2.49. The van der Waals surface area contributed by atoms with Crippen molar-refractivity contribution in [2.75, 3.05) is 53.6 Å². The van der Waals surface area contributed by atoms with Crippen LogP contribution >= 0.6 is 0 Å². The average Bonchev–Trinajstić information content (AvgIpc) is 3.38. The van der Waals surface area contributed by atoms with E-state index < -0.39 is 0 Å². The molecule has 0 atom stereocenters. The zero-order valence-electron chi connectivity index (χ0n) is 22.2. The van der Waals surface area contributed by atoms with Gasteiger partial charge in [0.25, 0.3) is 5.91 Å². The second kappa shape index (κ2) is 10.8. The molecule has 0 unspecified atom stereocenters. The van der Waals surface area contributed by atoms with Crippen molar-refractivity contribution in [1.82, 2.24) is 24.8 Å². The molecule has 1 saturated heterocycles. The van der Waals surface area contributed by atoms with Gasteiger partial charge in [0.1, 0.15) is 5.75 Å². The zero-order chi connectivity index (χ0) is 26.8. The SMILES string of the molecule is COCCN1CCN(C(=O)c2ccc(-c3c(OC)ccc4[nH]c5cnc(-c6cccnc6)cc5c34)cc2)CC1. The van der Waals surface area contributed by atoms with Crippen LogP contribution in [0.5, 0.6) is 5.75 Å². The number of ether oxygens (including phenoxy) is 2. The molecule has 2 aromatic carbocycles. The van der Waals surface area contributed by atoms with Crippen LogP contribution in [-0.4, -0.2) is 84.2 Å². The van der Waals surface area contributed by atoms with Crippen molar-refractivity contribution >= 4 is 27.7 Å². The Labute approximate surface area is 227 Å². The minimum absolute atomic E-state index is 0.0670. The van der Waals surface area contributed by atoms with Crippen LogP contribution in [0.4, 0.5) is 0 Å². The van der Waals surface area contributed by atoms with Crippen LogP contribution in [0, 0.1) is 0 Å². The topological polar surface area (TPSA) is 83.6 Å². The fourth-order valence-corrected chi connectivity index (χ4v) is 5.36. The molecule has 1 aliphatic heterocycles. The molecule has 1 N–H and O–H groups in total. The number of piperazine rings is 1. The third-order valence-corrected chi connectivity index (χ3v) is 7.48. The maximum Gasteiger partial charge on any atom is 0.253 e. The van der Waals surface area contributed by atoms with Crippen molar-refractivity contribution < 1.29 is 14.3 Å². The molecule has 0 spiro atoms. The number of hydrogen-bond donors (Lipinski definition) is 1. The molecule has 0 bridgehead atoms. The van der Waals surface area contributed by atoms with Crippen LogP contribution in [0.15, 0.2) is 73.2 Å². The average molecular weight is 522 g/mol. The molecule has 8 nitrogen and oxygen atoms in total. The van der Waals surface area contributed by atoms with Crippen LogP contribution in [0.3, 0.4) is 0 Å². The van der Waals surface area contributed by atoms with E-state index in [1.807, 2.05) is 65.8 Å². The lowest BCUT2D eigenvalue weighted by molar-refractivity contribution is 0.0594. The van der Waals surface area contributed by atoms with Gasteiger partial charge < -0.3 is 19.4 Å². The number of benzene rings is 2. The normalized spacial score (nSPS) is 14.3. The van der Waals surface area contributed by atoms with Gasteiger partial charge in [-0.25, -0.2) is 0 Å². The van der Waals surface area contributed by atoms with Gasteiger partial charge >= 0.3 is 0 Å². The van der Waals surface area contributed by atoms with E-state index in [4.69, 9.17) is 9.47 Å². The molecule has 3 aromatic heterocycles. The van der Waals surface area contributed by atoms with Gasteiger partial charge in [-0.2, -0.15) is 0 Å². The highest BCUT2D eigenvalue weighted by atomic mass is 16.5. The fourth-order valence-electron chi connectivity index (χ4n) is 5.36. The van der Waals surface area contributed by atoms with E-state index in [0.29, 0.717) is 12.2 Å². The number of carbonyl (C=O) groups is 1. The van der Waals surface area contributed by atoms with Crippen LogP contribution in [-0.2, 0) is 4.74 Å². The van der Waals surface area contributed by atoms with E-state index in [0.717, 1.165) is 82.7 Å². The van der Waals surface area contributed by atoms with E-state index in [1.165, 1.54) is 0 Å². The molecule has 8 heteroatoms. The number of carbonyl (C=O) groups excluding carboxylic acids is 1. The molecule has 0 aliphatic carbocycles. The minimum atomic E-state index is 0.0670. The number of fused-ring (bicyclic) bond motifs is 3. The van der Waals surface area contributed by atoms with E-state index in [9.17, 15) is 4.79 Å². The molecular weight excluding hydrogens is 490 g/mol. The third kappa shape index (κ3) is 4.84. The summed E-state index contributed by atoms with van der Waals surface area (Å²) in [5.74, 6) is 0.840. The Morgan fingerprint density at radius 3 is 2.49 bits per heavy atom. The van der Waals surface area contributed by atoms with Crippen molar-refractivity contribution in [3.8, 4) is 28.1 Å². The van der Waals surface area contributed by atoms with E-state index in [-0.39, 0.29) is 5.91 Å². The summed E-state index contributed by atoms with van der Waals surface area (Å²) in [6.07, 6.45) is 5.44. The van der Waals surface area contributed by atoms with Gasteiger partial charge in [0.05, 0.1) is 31.1 Å². The molecule has 0 saturated carbocycles. The standard InChI is InChI=1S/C31H31N5O3/c1-38-17-16-35-12-14-36(15-13-35)31(37)22-7-5-21(6-8-22)29-28(39-2)10-9-25-30(29)24-18-26(33-20-27(24)34-25)23-4-3-11-32-19-23/h3-11,18-20,34H,12-17H2,1-2H3. The predicted molar refractivity (Wildman–Crippen MR) is 153 cm³/mol. The molecule has 1 fully saturated rings. The summed E-state index contributed by atoms with van der Waals surface area (Å²) in [5.41, 5.74) is 6.42. The maximum atomic E-state index is 13.3. The van der Waals surface area contributed by atoms with Gasteiger partial charge in [0.15, 0.2) is 0 Å². The zero-order valence-corrected chi connectivity index (χ0v) is 22.2. The molecule has 39 heavy (non-hydrogen) atoms. The van der Waals surface area contributed by atoms with Gasteiger partial charge in [0, 0.05) is 85.2 Å². The second-order valence-corrected chi connectivity index (χ2v) is 9.75. The number of aromatic amines is 1. The van der Waals surface area contributed by atoms with Crippen LogP contribution in [0.25, 0.3) is 44.2 Å². The summed E-state index contributed by atoms with van der Waals surface area (Å²) >= 11 is 0. The lowest BCUT2D eigenvalue weighted by Gasteiger charge is -2.34. The molecule has 0 radical (unpaired) electrons. The number of pyridine rings is 2. The minimum Gasteiger partial charge on any atom is -0.496 e. The maximum absolute atomic E-state index is 13.3. The summed E-state index contributed by atoms with van der Waals surface area (Å²) in [6.45, 7) is 4.78. The van der Waals surface area contributed by atoms with E-state index in [1.54, 1.807) is 20.4 Å². The van der Waals surface area contributed by atoms with Crippen LogP contribution in [0.1, 0.15) is 10.4 Å². The van der Waals surface area contributed by atoms with Gasteiger partial charge in [-0.15, -0.1) is 0 Å². The number of amides is 1. The largest absolute Gasteiger partial charge is 0.496 e. The number of aromatic nitrogens is 3. The number of hydrogen-bond acceptors (Lipinski definition) is 6. The summed E-state index contributed by atoms with van der Waals surface area (Å²) in [7, 11) is 3.40. The van der Waals surface area contributed by atoms with Crippen molar-refractivity contribution in [1.29, 1.82) is 0 Å². The first-order valence-corrected chi connectivity index (χ1v) is 13.2. The summed E-state index contributed by atoms with van der Waals surface area (Å²) in [6, 6.07) is 17.9. The molecule has 5 aromatic rings. The Bertz CT molecular complexity index is 1610. The highest BCUT2D eigenvalue weighted by Gasteiger charge is 2.23. The van der Waals surface area contributed by atoms with Crippen molar-refractivity contribution in [3.05, 3.63) is 78.8 Å². The van der Waals surface area contributed by atoms with Gasteiger partial charge in [-0.3, -0.25) is 19.7 Å². The molecule has 4 heterocycles. The Hall–Kier alpha value is -4.27. The Morgan fingerprint density at radius 1 is 0.949 bits per heavy atom. The fraction of sp³-hybridized carbons (Fsp3) is 0.258. The number of rotatable bonds is 7. The van der Waals surface area contributed by atoms with Gasteiger partial charge in [-0.05, 0) is 48.0 Å². The van der Waals surface area contributed by atoms with Crippen molar-refractivity contribution in [3.63, 3.8) is 0 Å². The summed E-state index contributed by atoms with van der Waals surface area (Å²) in [5, 5.41) is 2.11. The molecule has 198 valence electrons. The van der Waals surface area contributed by atoms with E-state index in [2.05, 4.69) is 25.9 Å².